The van der Waals surface area contributed by atoms with Crippen molar-refractivity contribution in [3.8, 4) is 0 Å². The minimum atomic E-state index is 0.687. The highest BCUT2D eigenvalue weighted by Crippen LogP contribution is 2.08. The second-order valence-electron chi connectivity index (χ2n) is 4.94. The van der Waals surface area contributed by atoms with E-state index in [0.717, 1.165) is 42.7 Å². The molecule has 0 radical (unpaired) electrons. The Morgan fingerprint density at radius 2 is 2.05 bits per heavy atom. The molecule has 2 N–H and O–H groups in total. The molecule has 0 atom stereocenters. The van der Waals surface area contributed by atoms with Gasteiger partial charge in [-0.05, 0) is 19.8 Å². The summed E-state index contributed by atoms with van der Waals surface area (Å²) >= 11 is 1.71. The van der Waals surface area contributed by atoms with Crippen LogP contribution in [0.25, 0.3) is 0 Å². The lowest BCUT2D eigenvalue weighted by Crippen LogP contribution is -2.38. The van der Waals surface area contributed by atoms with Crippen molar-refractivity contribution in [1.82, 2.24) is 15.6 Å². The SMILES string of the molecule is CCNC(=NCC(CC)CC)NCCc1csc(C)n1. The zero-order chi connectivity index (χ0) is 14.8. The number of guanidine groups is 1. The predicted octanol–water partition coefficient (Wildman–Crippen LogP) is 2.99. The Labute approximate surface area is 127 Å². The lowest BCUT2D eigenvalue weighted by atomic mass is 10.0. The molecular weight excluding hydrogens is 268 g/mol. The van der Waals surface area contributed by atoms with E-state index in [0.29, 0.717) is 5.92 Å². The van der Waals surface area contributed by atoms with E-state index in [1.807, 2.05) is 6.92 Å². The summed E-state index contributed by atoms with van der Waals surface area (Å²) in [7, 11) is 0. The Kier molecular flexibility index (Phi) is 8.26. The number of aliphatic imine (C=N–C) groups is 1. The molecule has 4 nitrogen and oxygen atoms in total. The van der Waals surface area contributed by atoms with Gasteiger partial charge in [-0.2, -0.15) is 0 Å². The summed E-state index contributed by atoms with van der Waals surface area (Å²) in [5.41, 5.74) is 1.16. The van der Waals surface area contributed by atoms with E-state index in [4.69, 9.17) is 0 Å². The Balaban J connectivity index is 2.39. The molecule has 0 aliphatic heterocycles. The van der Waals surface area contributed by atoms with E-state index in [1.165, 1.54) is 12.8 Å². The quantitative estimate of drug-likeness (QED) is 0.573. The van der Waals surface area contributed by atoms with E-state index in [1.54, 1.807) is 11.3 Å². The number of hydrogen-bond acceptors (Lipinski definition) is 3. The van der Waals surface area contributed by atoms with Crippen LogP contribution in [-0.4, -0.2) is 30.6 Å². The lowest BCUT2D eigenvalue weighted by Gasteiger charge is -2.13. The van der Waals surface area contributed by atoms with Crippen LogP contribution in [0.4, 0.5) is 0 Å². The minimum Gasteiger partial charge on any atom is -0.357 e. The fraction of sp³-hybridized carbons (Fsp3) is 0.733. The molecule has 20 heavy (non-hydrogen) atoms. The standard InChI is InChI=1S/C15H28N4S/c1-5-13(6-2)10-18-15(16-7-3)17-9-8-14-11-20-12(4)19-14/h11,13H,5-10H2,1-4H3,(H2,16,17,18). The van der Waals surface area contributed by atoms with Crippen molar-refractivity contribution >= 4 is 17.3 Å². The van der Waals surface area contributed by atoms with E-state index < -0.39 is 0 Å². The zero-order valence-corrected chi connectivity index (χ0v) is 14.0. The Bertz CT molecular complexity index is 396. The largest absolute Gasteiger partial charge is 0.357 e. The van der Waals surface area contributed by atoms with E-state index >= 15 is 0 Å². The number of nitrogens with one attached hydrogen (secondary N) is 2. The maximum Gasteiger partial charge on any atom is 0.191 e. The van der Waals surface area contributed by atoms with Crippen molar-refractivity contribution < 1.29 is 0 Å². The number of thiazole rings is 1. The van der Waals surface area contributed by atoms with Crippen LogP contribution in [-0.2, 0) is 6.42 Å². The summed E-state index contributed by atoms with van der Waals surface area (Å²) in [5, 5.41) is 9.95. The fourth-order valence-corrected chi connectivity index (χ4v) is 2.59. The van der Waals surface area contributed by atoms with Gasteiger partial charge in [0.1, 0.15) is 0 Å². The van der Waals surface area contributed by atoms with Crippen LogP contribution in [0, 0.1) is 12.8 Å². The van der Waals surface area contributed by atoms with Gasteiger partial charge < -0.3 is 10.6 Å². The lowest BCUT2D eigenvalue weighted by molar-refractivity contribution is 0.504. The average Bonchev–Trinajstić information content (AvgIpc) is 2.85. The van der Waals surface area contributed by atoms with Crippen LogP contribution < -0.4 is 10.6 Å². The highest BCUT2D eigenvalue weighted by Gasteiger charge is 2.04. The first kappa shape index (κ1) is 17.0. The van der Waals surface area contributed by atoms with Crippen LogP contribution in [0.15, 0.2) is 10.4 Å². The summed E-state index contributed by atoms with van der Waals surface area (Å²) in [6.07, 6.45) is 3.33. The molecule has 1 rings (SSSR count). The van der Waals surface area contributed by atoms with Crippen molar-refractivity contribution in [3.63, 3.8) is 0 Å². The molecule has 1 heterocycles. The molecule has 0 aliphatic carbocycles. The summed E-state index contributed by atoms with van der Waals surface area (Å²) < 4.78 is 0. The third kappa shape index (κ3) is 6.37. The van der Waals surface area contributed by atoms with Crippen molar-refractivity contribution in [2.45, 2.75) is 47.0 Å². The molecule has 0 bridgehead atoms. The van der Waals surface area contributed by atoms with Gasteiger partial charge in [0.05, 0.1) is 10.7 Å². The molecule has 1 aromatic rings. The van der Waals surface area contributed by atoms with Gasteiger partial charge in [-0.15, -0.1) is 11.3 Å². The van der Waals surface area contributed by atoms with Gasteiger partial charge in [-0.3, -0.25) is 4.99 Å². The third-order valence-corrected chi connectivity index (χ3v) is 4.17. The highest BCUT2D eigenvalue weighted by atomic mass is 32.1. The van der Waals surface area contributed by atoms with Crippen molar-refractivity contribution in [3.05, 3.63) is 16.1 Å². The molecule has 0 fully saturated rings. The number of aryl methyl sites for hydroxylation is 1. The molecule has 0 saturated carbocycles. The molecule has 5 heteroatoms. The molecular formula is C15H28N4S. The number of nitrogens with zero attached hydrogens (tertiary/aromatic N) is 2. The van der Waals surface area contributed by atoms with Gasteiger partial charge in [0.25, 0.3) is 0 Å². The highest BCUT2D eigenvalue weighted by molar-refractivity contribution is 7.09. The number of hydrogen-bond donors (Lipinski definition) is 2. The molecule has 1 aromatic heterocycles. The van der Waals surface area contributed by atoms with Crippen molar-refractivity contribution in [2.24, 2.45) is 10.9 Å². The summed E-state index contributed by atoms with van der Waals surface area (Å²) in [6, 6.07) is 0. The topological polar surface area (TPSA) is 49.3 Å². The summed E-state index contributed by atoms with van der Waals surface area (Å²) in [4.78, 5) is 9.14. The average molecular weight is 296 g/mol. The van der Waals surface area contributed by atoms with E-state index in [-0.39, 0.29) is 0 Å². The second kappa shape index (κ2) is 9.75. The monoisotopic (exact) mass is 296 g/mol. The van der Waals surface area contributed by atoms with E-state index in [2.05, 4.69) is 46.8 Å². The first-order valence-corrected chi connectivity index (χ1v) is 8.50. The third-order valence-electron chi connectivity index (χ3n) is 3.35. The van der Waals surface area contributed by atoms with Gasteiger partial charge in [0.15, 0.2) is 5.96 Å². The van der Waals surface area contributed by atoms with Gasteiger partial charge >= 0.3 is 0 Å². The zero-order valence-electron chi connectivity index (χ0n) is 13.2. The first-order chi connectivity index (χ1) is 9.69. The molecule has 0 saturated heterocycles. The molecule has 114 valence electrons. The van der Waals surface area contributed by atoms with Gasteiger partial charge in [-0.25, -0.2) is 4.98 Å². The van der Waals surface area contributed by atoms with Gasteiger partial charge in [-0.1, -0.05) is 26.7 Å². The molecule has 0 spiro atoms. The van der Waals surface area contributed by atoms with Gasteiger partial charge in [0, 0.05) is 31.4 Å². The summed E-state index contributed by atoms with van der Waals surface area (Å²) in [6.45, 7) is 11.3. The van der Waals surface area contributed by atoms with Crippen LogP contribution in [0.1, 0.15) is 44.3 Å². The molecule has 0 amide bonds. The van der Waals surface area contributed by atoms with Crippen molar-refractivity contribution in [2.75, 3.05) is 19.6 Å². The van der Waals surface area contributed by atoms with Crippen LogP contribution >= 0.6 is 11.3 Å². The molecule has 0 aliphatic rings. The van der Waals surface area contributed by atoms with Gasteiger partial charge in [0.2, 0.25) is 0 Å². The fourth-order valence-electron chi connectivity index (χ4n) is 1.94. The summed E-state index contributed by atoms with van der Waals surface area (Å²) in [5.74, 6) is 1.61. The Morgan fingerprint density at radius 1 is 1.30 bits per heavy atom. The Hall–Kier alpha value is -1.10. The molecule has 0 aromatic carbocycles. The normalized spacial score (nSPS) is 11.9. The van der Waals surface area contributed by atoms with Crippen LogP contribution in [0.3, 0.4) is 0 Å². The van der Waals surface area contributed by atoms with Crippen LogP contribution in [0.5, 0.6) is 0 Å². The van der Waals surface area contributed by atoms with Crippen molar-refractivity contribution in [1.29, 1.82) is 0 Å². The second-order valence-corrected chi connectivity index (χ2v) is 6.00. The first-order valence-electron chi connectivity index (χ1n) is 7.62. The maximum absolute atomic E-state index is 4.67. The van der Waals surface area contributed by atoms with E-state index in [9.17, 15) is 0 Å². The number of aromatic nitrogens is 1. The minimum absolute atomic E-state index is 0.687. The van der Waals surface area contributed by atoms with Crippen LogP contribution in [0.2, 0.25) is 0 Å². The molecule has 0 unspecified atom stereocenters. The smallest absolute Gasteiger partial charge is 0.191 e. The number of rotatable bonds is 8. The predicted molar refractivity (Wildman–Crippen MR) is 88.6 cm³/mol. The maximum atomic E-state index is 4.67. The Morgan fingerprint density at radius 3 is 2.60 bits per heavy atom.